The lowest BCUT2D eigenvalue weighted by atomic mass is 10.8. The fourth-order valence-corrected chi connectivity index (χ4v) is 0.462. The average Bonchev–Trinajstić information content (AvgIpc) is 1.64. The Morgan fingerprint density at radius 3 is 1.25 bits per heavy atom. The molecule has 0 aromatic heterocycles. The Labute approximate surface area is 54.0 Å². The summed E-state index contributed by atoms with van der Waals surface area (Å²) in [6, 6.07) is 0. The maximum Gasteiger partial charge on any atom is 0.0754 e. The smallest absolute Gasteiger partial charge is 0.0754 e. The van der Waals surface area contributed by atoms with Crippen LogP contribution in [0.25, 0.3) is 0 Å². The Bertz CT molecular complexity index is 55.4. The van der Waals surface area contributed by atoms with Crippen LogP contribution in [0.2, 0.25) is 0 Å². The minimum absolute atomic E-state index is 0.454. The normalized spacial score (nSPS) is 12.0. The summed E-state index contributed by atoms with van der Waals surface area (Å²) in [5.74, 6) is 0.454. The first-order valence-electron chi connectivity index (χ1n) is 2.64. The first-order valence-corrected chi connectivity index (χ1v) is 3.31. The second-order valence-corrected chi connectivity index (χ2v) is 2.94. The van der Waals surface area contributed by atoms with Gasteiger partial charge in [0.2, 0.25) is 0 Å². The molecule has 0 rings (SSSR count). The molecule has 0 spiro atoms. The quantitative estimate of drug-likeness (QED) is 0.395. The largest absolute Gasteiger partial charge is 0.291 e. The molecule has 3 heteroatoms. The van der Waals surface area contributed by atoms with Crippen LogP contribution in [0.15, 0.2) is 0 Å². The second-order valence-electron chi connectivity index (χ2n) is 2.34. The lowest BCUT2D eigenvalue weighted by Crippen LogP contribution is -2.34. The van der Waals surface area contributed by atoms with E-state index in [1.54, 1.807) is 0 Å². The molecule has 50 valence electrons. The van der Waals surface area contributed by atoms with Crippen LogP contribution in [0.1, 0.15) is 0 Å². The van der Waals surface area contributed by atoms with E-state index in [1.165, 1.54) is 0 Å². The minimum atomic E-state index is 0.454. The molecule has 0 aliphatic rings. The summed E-state index contributed by atoms with van der Waals surface area (Å²) in [5, 5.41) is 0. The van der Waals surface area contributed by atoms with Gasteiger partial charge in [-0.25, -0.2) is 0 Å². The Morgan fingerprint density at radius 1 is 1.00 bits per heavy atom. The summed E-state index contributed by atoms with van der Waals surface area (Å²) in [5.41, 5.74) is 0. The van der Waals surface area contributed by atoms with Crippen molar-refractivity contribution in [3.63, 3.8) is 0 Å². The molecule has 0 fully saturated rings. The van der Waals surface area contributed by atoms with Crippen molar-refractivity contribution in [2.75, 3.05) is 28.2 Å². The number of rotatable bonds is 2. The van der Waals surface area contributed by atoms with Crippen molar-refractivity contribution in [1.29, 1.82) is 0 Å². The molecule has 0 aromatic carbocycles. The highest BCUT2D eigenvalue weighted by atomic mass is 31.0. The molecule has 0 bridgehead atoms. The molecule has 0 radical (unpaired) electrons. The first-order chi connectivity index (χ1) is 3.55. The van der Waals surface area contributed by atoms with Gasteiger partial charge in [0.1, 0.15) is 0 Å². The Kier molecular flexibility index (Phi) is 3.54. The zero-order valence-corrected chi connectivity index (χ0v) is 7.20. The summed E-state index contributed by atoms with van der Waals surface area (Å²) in [7, 11) is 11.0. The van der Waals surface area contributed by atoms with Crippen molar-refractivity contribution < 1.29 is 0 Å². The molecular formula is C5H15N2P. The first kappa shape index (κ1) is 8.35. The molecule has 0 saturated heterocycles. The van der Waals surface area contributed by atoms with Crippen LogP contribution in [-0.4, -0.2) is 43.9 Å². The van der Waals surface area contributed by atoms with Gasteiger partial charge in [0.05, 0.1) is 5.91 Å². The van der Waals surface area contributed by atoms with E-state index in [1.807, 2.05) is 0 Å². The summed E-state index contributed by atoms with van der Waals surface area (Å²) in [6.45, 7) is 0. The zero-order valence-electron chi connectivity index (χ0n) is 6.05. The SMILES string of the molecule is CN(C)C(P)N(C)C. The molecule has 0 saturated carbocycles. The zero-order chi connectivity index (χ0) is 6.73. The van der Waals surface area contributed by atoms with E-state index in [0.29, 0.717) is 5.91 Å². The third-order valence-electron chi connectivity index (χ3n) is 1.06. The topological polar surface area (TPSA) is 6.48 Å². The molecule has 0 heterocycles. The number of nitrogens with zero attached hydrogens (tertiary/aromatic N) is 2. The van der Waals surface area contributed by atoms with Gasteiger partial charge in [-0.05, 0) is 28.2 Å². The Hall–Kier alpha value is 0.350. The summed E-state index contributed by atoms with van der Waals surface area (Å²) < 4.78 is 0. The maximum atomic E-state index is 2.74. The van der Waals surface area contributed by atoms with Gasteiger partial charge >= 0.3 is 0 Å². The van der Waals surface area contributed by atoms with Gasteiger partial charge in [0, 0.05) is 0 Å². The number of hydrogen-bond acceptors (Lipinski definition) is 2. The summed E-state index contributed by atoms with van der Waals surface area (Å²) >= 11 is 0. The van der Waals surface area contributed by atoms with Gasteiger partial charge < -0.3 is 0 Å². The highest BCUT2D eigenvalue weighted by Crippen LogP contribution is 2.03. The van der Waals surface area contributed by atoms with E-state index in [-0.39, 0.29) is 0 Å². The van der Waals surface area contributed by atoms with Crippen molar-refractivity contribution in [3.8, 4) is 0 Å². The van der Waals surface area contributed by atoms with Gasteiger partial charge in [-0.1, -0.05) is 0 Å². The summed E-state index contributed by atoms with van der Waals surface area (Å²) in [6.07, 6.45) is 0. The Morgan fingerprint density at radius 2 is 1.25 bits per heavy atom. The fourth-order valence-electron chi connectivity index (χ4n) is 0.462. The molecule has 1 atom stereocenters. The molecule has 2 nitrogen and oxygen atoms in total. The maximum absolute atomic E-state index is 2.74. The lowest BCUT2D eigenvalue weighted by molar-refractivity contribution is 0.211. The second kappa shape index (κ2) is 3.39. The van der Waals surface area contributed by atoms with E-state index in [9.17, 15) is 0 Å². The van der Waals surface area contributed by atoms with Crippen LogP contribution in [0.4, 0.5) is 0 Å². The molecule has 0 amide bonds. The minimum Gasteiger partial charge on any atom is -0.291 e. The molecule has 0 N–H and O–H groups in total. The van der Waals surface area contributed by atoms with E-state index in [4.69, 9.17) is 0 Å². The highest BCUT2D eigenvalue weighted by molar-refractivity contribution is 7.17. The fraction of sp³-hybridized carbons (Fsp3) is 1.00. The van der Waals surface area contributed by atoms with Crippen molar-refractivity contribution >= 4 is 9.24 Å². The van der Waals surface area contributed by atoms with Crippen LogP contribution < -0.4 is 0 Å². The highest BCUT2D eigenvalue weighted by Gasteiger charge is 2.04. The third kappa shape index (κ3) is 2.61. The third-order valence-corrected chi connectivity index (χ3v) is 2.25. The van der Waals surface area contributed by atoms with E-state index in [2.05, 4.69) is 47.2 Å². The van der Waals surface area contributed by atoms with Crippen LogP contribution in [0.5, 0.6) is 0 Å². The summed E-state index contributed by atoms with van der Waals surface area (Å²) in [4.78, 5) is 4.26. The predicted octanol–water partition coefficient (Wildman–Crippen LogP) is 0.268. The van der Waals surface area contributed by atoms with Gasteiger partial charge in [-0.2, -0.15) is 0 Å². The van der Waals surface area contributed by atoms with Crippen molar-refractivity contribution in [1.82, 2.24) is 9.80 Å². The molecule has 0 aliphatic heterocycles. The average molecular weight is 134 g/mol. The van der Waals surface area contributed by atoms with Crippen molar-refractivity contribution in [2.45, 2.75) is 5.91 Å². The molecule has 8 heavy (non-hydrogen) atoms. The van der Waals surface area contributed by atoms with Gasteiger partial charge in [0.15, 0.2) is 0 Å². The van der Waals surface area contributed by atoms with Gasteiger partial charge in [0.25, 0.3) is 0 Å². The van der Waals surface area contributed by atoms with Gasteiger partial charge in [-0.3, -0.25) is 9.80 Å². The predicted molar refractivity (Wildman–Crippen MR) is 40.9 cm³/mol. The Balaban J connectivity index is 3.46. The van der Waals surface area contributed by atoms with E-state index < -0.39 is 0 Å². The molecule has 0 aromatic rings. The van der Waals surface area contributed by atoms with E-state index in [0.717, 1.165) is 0 Å². The van der Waals surface area contributed by atoms with Crippen molar-refractivity contribution in [2.24, 2.45) is 0 Å². The standard InChI is InChI=1S/C5H15N2P/c1-6(2)5(8)7(3)4/h5H,8H2,1-4H3. The van der Waals surface area contributed by atoms with Crippen LogP contribution in [0.3, 0.4) is 0 Å². The molecule has 1 unspecified atom stereocenters. The lowest BCUT2D eigenvalue weighted by Gasteiger charge is -2.25. The van der Waals surface area contributed by atoms with Crippen LogP contribution in [0, 0.1) is 0 Å². The molecule has 0 aliphatic carbocycles. The van der Waals surface area contributed by atoms with Crippen LogP contribution in [-0.2, 0) is 0 Å². The molecular weight excluding hydrogens is 119 g/mol. The van der Waals surface area contributed by atoms with E-state index >= 15 is 0 Å². The van der Waals surface area contributed by atoms with Crippen molar-refractivity contribution in [3.05, 3.63) is 0 Å². The van der Waals surface area contributed by atoms with Crippen LogP contribution >= 0.6 is 9.24 Å². The number of hydrogen-bond donors (Lipinski definition) is 0. The van der Waals surface area contributed by atoms with Gasteiger partial charge in [-0.15, -0.1) is 9.24 Å². The monoisotopic (exact) mass is 134 g/mol.